The van der Waals surface area contributed by atoms with Gasteiger partial charge < -0.3 is 10.5 Å². The number of anilines is 1. The van der Waals surface area contributed by atoms with Crippen molar-refractivity contribution < 1.29 is 4.74 Å². The molecule has 0 aliphatic carbocycles. The number of rotatable bonds is 2. The fourth-order valence-electron chi connectivity index (χ4n) is 2.19. The average molecular weight is 265 g/mol. The second-order valence-corrected chi connectivity index (χ2v) is 4.63. The molecule has 100 valence electrons. The lowest BCUT2D eigenvalue weighted by atomic mass is 10.1. The molecule has 1 aromatic heterocycles. The van der Waals surface area contributed by atoms with Gasteiger partial charge in [-0.3, -0.25) is 0 Å². The molecule has 0 saturated heterocycles. The van der Waals surface area contributed by atoms with Crippen LogP contribution < -0.4 is 10.5 Å². The molecule has 0 atom stereocenters. The zero-order valence-electron chi connectivity index (χ0n) is 11.4. The first-order valence-corrected chi connectivity index (χ1v) is 6.36. The second-order valence-electron chi connectivity index (χ2n) is 4.63. The maximum absolute atomic E-state index is 6.04. The van der Waals surface area contributed by atoms with Gasteiger partial charge in [-0.1, -0.05) is 12.1 Å². The molecule has 0 aliphatic rings. The highest BCUT2D eigenvalue weighted by molar-refractivity contribution is 5.91. The van der Waals surface area contributed by atoms with E-state index in [1.54, 1.807) is 7.11 Å². The van der Waals surface area contributed by atoms with Gasteiger partial charge in [0.1, 0.15) is 11.6 Å². The van der Waals surface area contributed by atoms with Gasteiger partial charge in [-0.25, -0.2) is 9.97 Å². The van der Waals surface area contributed by atoms with E-state index in [0.717, 1.165) is 27.8 Å². The lowest BCUT2D eigenvalue weighted by molar-refractivity contribution is 0.415. The van der Waals surface area contributed by atoms with Crippen LogP contribution in [0.4, 0.5) is 5.82 Å². The van der Waals surface area contributed by atoms with Crippen molar-refractivity contribution in [2.45, 2.75) is 6.92 Å². The highest BCUT2D eigenvalue weighted by Crippen LogP contribution is 2.26. The van der Waals surface area contributed by atoms with Crippen molar-refractivity contribution in [2.24, 2.45) is 0 Å². The Morgan fingerprint density at radius 2 is 1.75 bits per heavy atom. The summed E-state index contributed by atoms with van der Waals surface area (Å²) in [7, 11) is 1.64. The topological polar surface area (TPSA) is 61.0 Å². The molecule has 3 rings (SSSR count). The van der Waals surface area contributed by atoms with Gasteiger partial charge in [0, 0.05) is 10.9 Å². The second kappa shape index (κ2) is 4.81. The van der Waals surface area contributed by atoms with Crippen molar-refractivity contribution in [1.29, 1.82) is 0 Å². The molecule has 20 heavy (non-hydrogen) atoms. The summed E-state index contributed by atoms with van der Waals surface area (Å²) in [5.74, 6) is 1.94. The molecule has 0 spiro atoms. The molecule has 0 aliphatic heterocycles. The summed E-state index contributed by atoms with van der Waals surface area (Å²) in [6.07, 6.45) is 0. The molecular weight excluding hydrogens is 250 g/mol. The lowest BCUT2D eigenvalue weighted by Gasteiger charge is -2.08. The minimum absolute atomic E-state index is 0.504. The van der Waals surface area contributed by atoms with E-state index in [9.17, 15) is 0 Å². The first-order valence-electron chi connectivity index (χ1n) is 6.36. The van der Waals surface area contributed by atoms with Crippen molar-refractivity contribution in [3.63, 3.8) is 0 Å². The smallest absolute Gasteiger partial charge is 0.162 e. The Hall–Kier alpha value is -2.62. The molecular formula is C16H15N3O. The van der Waals surface area contributed by atoms with Gasteiger partial charge in [-0.05, 0) is 42.8 Å². The summed E-state index contributed by atoms with van der Waals surface area (Å²) in [6, 6.07) is 13.6. The molecule has 0 bridgehead atoms. The molecule has 2 N–H and O–H groups in total. The maximum Gasteiger partial charge on any atom is 0.162 e. The molecule has 4 heteroatoms. The van der Waals surface area contributed by atoms with Crippen molar-refractivity contribution in [3.05, 3.63) is 48.0 Å². The summed E-state index contributed by atoms with van der Waals surface area (Å²) >= 11 is 0. The van der Waals surface area contributed by atoms with E-state index >= 15 is 0 Å². The van der Waals surface area contributed by atoms with Crippen LogP contribution in [0.25, 0.3) is 22.3 Å². The van der Waals surface area contributed by atoms with Crippen LogP contribution in [0.5, 0.6) is 5.75 Å². The average Bonchev–Trinajstić information content (AvgIpc) is 2.48. The first kappa shape index (κ1) is 12.4. The highest BCUT2D eigenvalue weighted by Gasteiger charge is 2.08. The van der Waals surface area contributed by atoms with Gasteiger partial charge in [0.15, 0.2) is 5.82 Å². The van der Waals surface area contributed by atoms with Gasteiger partial charge >= 0.3 is 0 Å². The molecule has 0 fully saturated rings. The number of benzene rings is 2. The number of nitrogen functional groups attached to an aromatic ring is 1. The van der Waals surface area contributed by atoms with E-state index < -0.39 is 0 Å². The van der Waals surface area contributed by atoms with Gasteiger partial charge in [-0.2, -0.15) is 0 Å². The Balaban J connectivity index is 2.18. The molecule has 0 unspecified atom stereocenters. The van der Waals surface area contributed by atoms with E-state index in [4.69, 9.17) is 10.5 Å². The van der Waals surface area contributed by atoms with Gasteiger partial charge in [0.25, 0.3) is 0 Å². The summed E-state index contributed by atoms with van der Waals surface area (Å²) in [6.45, 7) is 2.02. The third-order valence-corrected chi connectivity index (χ3v) is 3.31. The summed E-state index contributed by atoms with van der Waals surface area (Å²) in [5, 5.41) is 0.891. The Morgan fingerprint density at radius 1 is 1.00 bits per heavy atom. The van der Waals surface area contributed by atoms with Crippen LogP contribution in [0.3, 0.4) is 0 Å². The Kier molecular flexibility index (Phi) is 2.99. The number of aromatic nitrogens is 2. The molecule has 3 aromatic rings. The summed E-state index contributed by atoms with van der Waals surface area (Å²) in [5.41, 5.74) is 8.95. The van der Waals surface area contributed by atoms with Gasteiger partial charge in [0.2, 0.25) is 0 Å². The number of para-hydroxylation sites is 1. The lowest BCUT2D eigenvalue weighted by Crippen LogP contribution is -1.99. The number of methoxy groups -OCH3 is 1. The van der Waals surface area contributed by atoms with E-state index in [1.165, 1.54) is 0 Å². The summed E-state index contributed by atoms with van der Waals surface area (Å²) in [4.78, 5) is 9.02. The van der Waals surface area contributed by atoms with Crippen molar-refractivity contribution >= 4 is 16.7 Å². The van der Waals surface area contributed by atoms with E-state index in [2.05, 4.69) is 9.97 Å². The number of nitrogens with two attached hydrogens (primary N) is 1. The van der Waals surface area contributed by atoms with Crippen LogP contribution in [0, 0.1) is 6.92 Å². The largest absolute Gasteiger partial charge is 0.497 e. The number of hydrogen-bond acceptors (Lipinski definition) is 4. The minimum Gasteiger partial charge on any atom is -0.497 e. The quantitative estimate of drug-likeness (QED) is 0.773. The zero-order chi connectivity index (χ0) is 14.1. The SMILES string of the molecule is COc1ccc(-c2nc(N)c3cccc(C)c3n2)cc1. The van der Waals surface area contributed by atoms with Crippen LogP contribution in [0.1, 0.15) is 5.56 Å². The van der Waals surface area contributed by atoms with Crippen LogP contribution in [0.15, 0.2) is 42.5 Å². The molecule has 2 aromatic carbocycles. The highest BCUT2D eigenvalue weighted by atomic mass is 16.5. The van der Waals surface area contributed by atoms with E-state index in [0.29, 0.717) is 11.6 Å². The number of aryl methyl sites for hydroxylation is 1. The molecule has 1 heterocycles. The van der Waals surface area contributed by atoms with Crippen LogP contribution in [0.2, 0.25) is 0 Å². The van der Waals surface area contributed by atoms with Crippen molar-refractivity contribution in [3.8, 4) is 17.1 Å². The predicted octanol–water partition coefficient (Wildman–Crippen LogP) is 3.20. The Morgan fingerprint density at radius 3 is 2.45 bits per heavy atom. The fraction of sp³-hybridized carbons (Fsp3) is 0.125. The fourth-order valence-corrected chi connectivity index (χ4v) is 2.19. The summed E-state index contributed by atoms with van der Waals surface area (Å²) < 4.78 is 5.15. The van der Waals surface area contributed by atoms with Crippen LogP contribution in [-0.2, 0) is 0 Å². The van der Waals surface area contributed by atoms with Crippen LogP contribution >= 0.6 is 0 Å². The number of nitrogens with zero attached hydrogens (tertiary/aromatic N) is 2. The third-order valence-electron chi connectivity index (χ3n) is 3.31. The Labute approximate surface area is 117 Å². The molecule has 0 saturated carbocycles. The number of hydrogen-bond donors (Lipinski definition) is 1. The predicted molar refractivity (Wildman–Crippen MR) is 80.7 cm³/mol. The van der Waals surface area contributed by atoms with Crippen LogP contribution in [-0.4, -0.2) is 17.1 Å². The molecule has 4 nitrogen and oxygen atoms in total. The van der Waals surface area contributed by atoms with Crippen molar-refractivity contribution in [2.75, 3.05) is 12.8 Å². The first-order chi connectivity index (χ1) is 9.69. The minimum atomic E-state index is 0.504. The monoisotopic (exact) mass is 265 g/mol. The zero-order valence-corrected chi connectivity index (χ0v) is 11.4. The van der Waals surface area contributed by atoms with Crippen molar-refractivity contribution in [1.82, 2.24) is 9.97 Å². The van der Waals surface area contributed by atoms with Gasteiger partial charge in [0.05, 0.1) is 12.6 Å². The number of ether oxygens (including phenoxy) is 1. The standard InChI is InChI=1S/C16H15N3O/c1-10-4-3-5-13-14(10)18-16(19-15(13)17)11-6-8-12(20-2)9-7-11/h3-9H,1-2H3,(H2,17,18,19). The number of fused-ring (bicyclic) bond motifs is 1. The third kappa shape index (κ3) is 2.05. The van der Waals surface area contributed by atoms with E-state index in [-0.39, 0.29) is 0 Å². The molecule has 0 radical (unpaired) electrons. The Bertz CT molecular complexity index is 767. The van der Waals surface area contributed by atoms with E-state index in [1.807, 2.05) is 49.4 Å². The van der Waals surface area contributed by atoms with Gasteiger partial charge in [-0.15, -0.1) is 0 Å². The molecule has 0 amide bonds. The normalized spacial score (nSPS) is 10.7. The maximum atomic E-state index is 6.04.